The third kappa shape index (κ3) is 2.76. The molecule has 2 rings (SSSR count). The molecule has 5 nitrogen and oxygen atoms in total. The predicted molar refractivity (Wildman–Crippen MR) is 72.4 cm³/mol. The zero-order chi connectivity index (χ0) is 14.0. The molecular weight excluding hydrogens is 246 g/mol. The summed E-state index contributed by atoms with van der Waals surface area (Å²) in [6.45, 7) is 4.32. The van der Waals surface area contributed by atoms with Crippen molar-refractivity contribution < 1.29 is 9.15 Å². The minimum absolute atomic E-state index is 0.337. The number of para-hydroxylation sites is 1. The Morgan fingerprint density at radius 3 is 2.63 bits per heavy atom. The highest BCUT2D eigenvalue weighted by Gasteiger charge is 2.18. The number of aromatic nitrogens is 1. The molecule has 102 valence electrons. The van der Waals surface area contributed by atoms with E-state index >= 15 is 0 Å². The number of methoxy groups -OCH3 is 1. The van der Waals surface area contributed by atoms with E-state index < -0.39 is 11.4 Å². The fourth-order valence-corrected chi connectivity index (χ4v) is 1.86. The zero-order valence-corrected chi connectivity index (χ0v) is 11.3. The second-order valence-electron chi connectivity index (χ2n) is 5.04. The van der Waals surface area contributed by atoms with Crippen LogP contribution in [0.5, 0.6) is 0 Å². The number of hydrogen-bond acceptors (Lipinski definition) is 4. The molecule has 0 aliphatic heterocycles. The smallest absolute Gasteiger partial charge is 0.379 e. The van der Waals surface area contributed by atoms with E-state index in [-0.39, 0.29) is 5.60 Å². The third-order valence-corrected chi connectivity index (χ3v) is 3.31. The van der Waals surface area contributed by atoms with Gasteiger partial charge in [-0.15, -0.1) is 0 Å². The first-order valence-electron chi connectivity index (χ1n) is 6.12. The second-order valence-corrected chi connectivity index (χ2v) is 5.04. The molecule has 5 heteroatoms. The molecule has 0 fully saturated rings. The molecular formula is C14H17NO4. The number of hydrogen-bond donors (Lipinski definition) is 0. The van der Waals surface area contributed by atoms with Crippen LogP contribution in [-0.2, 0) is 11.3 Å². The van der Waals surface area contributed by atoms with Gasteiger partial charge in [0, 0.05) is 13.7 Å². The van der Waals surface area contributed by atoms with Crippen molar-refractivity contribution in [1.29, 1.82) is 0 Å². The Morgan fingerprint density at radius 1 is 1.26 bits per heavy atom. The van der Waals surface area contributed by atoms with Crippen LogP contribution >= 0.6 is 0 Å². The maximum atomic E-state index is 11.8. The van der Waals surface area contributed by atoms with Crippen molar-refractivity contribution in [3.63, 3.8) is 0 Å². The van der Waals surface area contributed by atoms with Gasteiger partial charge in [0.2, 0.25) is 0 Å². The number of ether oxygens (including phenoxy) is 1. The maximum Gasteiger partial charge on any atom is 0.422 e. The monoisotopic (exact) mass is 263 g/mol. The molecule has 0 atom stereocenters. The number of aryl methyl sites for hydroxylation is 1. The van der Waals surface area contributed by atoms with Crippen LogP contribution in [0.25, 0.3) is 10.9 Å². The van der Waals surface area contributed by atoms with Crippen molar-refractivity contribution in [1.82, 2.24) is 4.57 Å². The Bertz CT molecular complexity index is 696. The summed E-state index contributed by atoms with van der Waals surface area (Å²) in [4.78, 5) is 23.4. The van der Waals surface area contributed by atoms with Crippen LogP contribution in [0.1, 0.15) is 20.3 Å². The molecule has 0 aliphatic rings. The van der Waals surface area contributed by atoms with E-state index in [1.165, 1.54) is 4.57 Å². The van der Waals surface area contributed by atoms with Crippen molar-refractivity contribution >= 4 is 10.9 Å². The summed E-state index contributed by atoms with van der Waals surface area (Å²) < 4.78 is 11.5. The van der Waals surface area contributed by atoms with Gasteiger partial charge in [-0.1, -0.05) is 12.1 Å². The molecule has 0 amide bonds. The summed E-state index contributed by atoms with van der Waals surface area (Å²) in [5.74, 6) is -0.629. The minimum Gasteiger partial charge on any atom is -0.379 e. The van der Waals surface area contributed by atoms with Gasteiger partial charge in [0.25, 0.3) is 0 Å². The van der Waals surface area contributed by atoms with Crippen molar-refractivity contribution in [2.75, 3.05) is 7.11 Å². The number of rotatable bonds is 4. The van der Waals surface area contributed by atoms with Crippen LogP contribution < -0.4 is 11.4 Å². The summed E-state index contributed by atoms with van der Waals surface area (Å²) in [6.07, 6.45) is 0.640. The van der Waals surface area contributed by atoms with E-state index in [1.54, 1.807) is 31.4 Å². The molecule has 0 unspecified atom stereocenters. The highest BCUT2D eigenvalue weighted by molar-refractivity contribution is 5.77. The molecule has 1 heterocycles. The lowest BCUT2D eigenvalue weighted by Crippen LogP contribution is -2.30. The van der Waals surface area contributed by atoms with Crippen LogP contribution in [0, 0.1) is 0 Å². The van der Waals surface area contributed by atoms with Crippen LogP contribution in [0.2, 0.25) is 0 Å². The molecule has 0 saturated carbocycles. The van der Waals surface area contributed by atoms with Crippen molar-refractivity contribution in [2.24, 2.45) is 0 Å². The predicted octanol–water partition coefficient (Wildman–Crippen LogP) is 1.77. The largest absolute Gasteiger partial charge is 0.422 e. The molecule has 19 heavy (non-hydrogen) atoms. The van der Waals surface area contributed by atoms with Crippen molar-refractivity contribution in [3.8, 4) is 0 Å². The fraction of sp³-hybridized carbons (Fsp3) is 0.429. The Hall–Kier alpha value is -1.88. The molecule has 1 aromatic carbocycles. The van der Waals surface area contributed by atoms with Crippen molar-refractivity contribution in [2.45, 2.75) is 32.4 Å². The van der Waals surface area contributed by atoms with E-state index in [1.807, 2.05) is 13.8 Å². The quantitative estimate of drug-likeness (QED) is 0.843. The average Bonchev–Trinajstić information content (AvgIpc) is 2.38. The van der Waals surface area contributed by atoms with Crippen LogP contribution in [0.4, 0.5) is 0 Å². The lowest BCUT2D eigenvalue weighted by Gasteiger charge is -2.23. The second kappa shape index (κ2) is 5.01. The number of benzene rings is 1. The zero-order valence-electron chi connectivity index (χ0n) is 11.3. The van der Waals surface area contributed by atoms with Gasteiger partial charge < -0.3 is 9.15 Å². The van der Waals surface area contributed by atoms with Gasteiger partial charge in [0.1, 0.15) is 0 Å². The summed E-state index contributed by atoms with van der Waals surface area (Å²) >= 11 is 0. The molecule has 0 saturated heterocycles. The van der Waals surface area contributed by atoms with Gasteiger partial charge in [-0.25, -0.2) is 9.59 Å². The Kier molecular flexibility index (Phi) is 3.57. The molecule has 0 N–H and O–H groups in total. The van der Waals surface area contributed by atoms with Crippen molar-refractivity contribution in [3.05, 3.63) is 45.2 Å². The fourth-order valence-electron chi connectivity index (χ4n) is 1.86. The van der Waals surface area contributed by atoms with Crippen LogP contribution in [0.15, 0.2) is 38.3 Å². The van der Waals surface area contributed by atoms with Gasteiger partial charge in [0.05, 0.1) is 16.5 Å². The summed E-state index contributed by atoms with van der Waals surface area (Å²) in [6, 6.07) is 6.93. The van der Waals surface area contributed by atoms with E-state index in [2.05, 4.69) is 0 Å². The van der Waals surface area contributed by atoms with E-state index in [0.717, 1.165) is 0 Å². The Balaban J connectivity index is 2.49. The number of nitrogens with zero attached hydrogens (tertiary/aromatic N) is 1. The summed E-state index contributed by atoms with van der Waals surface area (Å²) in [5.41, 5.74) is -0.338. The highest BCUT2D eigenvalue weighted by atomic mass is 16.5. The molecule has 0 bridgehead atoms. The summed E-state index contributed by atoms with van der Waals surface area (Å²) in [7, 11) is 1.63. The Morgan fingerprint density at radius 2 is 1.95 bits per heavy atom. The average molecular weight is 263 g/mol. The maximum absolute atomic E-state index is 11.8. The van der Waals surface area contributed by atoms with Crippen LogP contribution in [0.3, 0.4) is 0 Å². The topological polar surface area (TPSA) is 61.4 Å². The number of fused-ring (bicyclic) bond motifs is 1. The van der Waals surface area contributed by atoms with E-state index in [4.69, 9.17) is 9.15 Å². The molecule has 0 aliphatic carbocycles. The summed E-state index contributed by atoms with van der Waals surface area (Å²) in [5, 5.41) is 0.414. The van der Waals surface area contributed by atoms with E-state index in [0.29, 0.717) is 23.9 Å². The first-order valence-corrected chi connectivity index (χ1v) is 6.12. The molecule has 2 aromatic rings. The Labute approximate surface area is 110 Å². The van der Waals surface area contributed by atoms with Gasteiger partial charge in [-0.3, -0.25) is 4.57 Å². The first-order chi connectivity index (χ1) is 8.94. The normalized spacial score (nSPS) is 11.9. The minimum atomic E-state index is -0.629. The lowest BCUT2D eigenvalue weighted by molar-refractivity contribution is 0.0117. The standard InChI is InChI=1S/C14H17NO4/c1-14(2,18-3)8-9-15-11-7-5-4-6-10(11)12(16)19-13(15)17/h4-7H,8-9H2,1-3H3. The SMILES string of the molecule is COC(C)(C)CCn1c(=O)oc(=O)c2ccccc21. The van der Waals surface area contributed by atoms with Gasteiger partial charge >= 0.3 is 11.4 Å². The van der Waals surface area contributed by atoms with Crippen LogP contribution in [-0.4, -0.2) is 17.3 Å². The molecule has 1 aromatic heterocycles. The highest BCUT2D eigenvalue weighted by Crippen LogP contribution is 2.15. The van der Waals surface area contributed by atoms with Gasteiger partial charge in [-0.2, -0.15) is 0 Å². The van der Waals surface area contributed by atoms with Gasteiger partial charge in [0.15, 0.2) is 0 Å². The van der Waals surface area contributed by atoms with E-state index in [9.17, 15) is 9.59 Å². The third-order valence-electron chi connectivity index (χ3n) is 3.31. The first kappa shape index (κ1) is 13.5. The molecule has 0 radical (unpaired) electrons. The van der Waals surface area contributed by atoms with Gasteiger partial charge in [-0.05, 0) is 32.4 Å². The lowest BCUT2D eigenvalue weighted by atomic mass is 10.1. The molecule has 0 spiro atoms.